The maximum absolute atomic E-state index is 5.70. The van der Waals surface area contributed by atoms with Gasteiger partial charge in [-0.25, -0.2) is 4.98 Å². The summed E-state index contributed by atoms with van der Waals surface area (Å²) in [5.41, 5.74) is 0.834. The van der Waals surface area contributed by atoms with E-state index >= 15 is 0 Å². The molecule has 88 valence electrons. The smallest absolute Gasteiger partial charge is 0.147 e. The molecule has 1 heterocycles. The molecule has 1 aromatic heterocycles. The molecule has 0 radical (unpaired) electrons. The fourth-order valence-electron chi connectivity index (χ4n) is 1.71. The maximum Gasteiger partial charge on any atom is 0.147 e. The van der Waals surface area contributed by atoms with Crippen LogP contribution in [0.5, 0.6) is 0 Å². The van der Waals surface area contributed by atoms with Gasteiger partial charge in [0.05, 0.1) is 24.0 Å². The molecular formula is C12H18ClN3. The molecule has 16 heavy (non-hydrogen) atoms. The Balaban J connectivity index is 2.10. The molecule has 0 atom stereocenters. The van der Waals surface area contributed by atoms with Crippen LogP contribution in [0.25, 0.3) is 0 Å². The molecule has 0 amide bonds. The molecule has 3 nitrogen and oxygen atoms in total. The monoisotopic (exact) mass is 239 g/mol. The molecule has 0 spiro atoms. The van der Waals surface area contributed by atoms with Gasteiger partial charge >= 0.3 is 0 Å². The standard InChI is InChI=1S/C12H18ClN3/c1-9(2)16(8-10-3-4-10)12-7-14-11(5-13)6-15-12/h6-7,9-10H,3-5,8H2,1-2H3. The quantitative estimate of drug-likeness (QED) is 0.740. The lowest BCUT2D eigenvalue weighted by Gasteiger charge is -2.27. The van der Waals surface area contributed by atoms with Gasteiger partial charge in [0.2, 0.25) is 0 Å². The van der Waals surface area contributed by atoms with E-state index in [1.807, 2.05) is 6.20 Å². The molecule has 0 aromatic carbocycles. The topological polar surface area (TPSA) is 29.0 Å². The zero-order valence-electron chi connectivity index (χ0n) is 9.86. The van der Waals surface area contributed by atoms with Crippen molar-refractivity contribution in [1.29, 1.82) is 0 Å². The fraction of sp³-hybridized carbons (Fsp3) is 0.667. The van der Waals surface area contributed by atoms with E-state index in [-0.39, 0.29) is 0 Å². The molecule has 0 unspecified atom stereocenters. The summed E-state index contributed by atoms with van der Waals surface area (Å²) in [6.07, 6.45) is 6.32. The SMILES string of the molecule is CC(C)N(CC1CC1)c1cnc(CCl)cn1. The third-order valence-electron chi connectivity index (χ3n) is 2.90. The lowest BCUT2D eigenvalue weighted by molar-refractivity contribution is 0.635. The van der Waals surface area contributed by atoms with Crippen LogP contribution in [0.1, 0.15) is 32.4 Å². The van der Waals surface area contributed by atoms with Crippen LogP contribution in [0.2, 0.25) is 0 Å². The highest BCUT2D eigenvalue weighted by Crippen LogP contribution is 2.31. The second-order valence-electron chi connectivity index (χ2n) is 4.69. The third kappa shape index (κ3) is 2.85. The van der Waals surface area contributed by atoms with Crippen LogP contribution in [0.15, 0.2) is 12.4 Å². The Morgan fingerprint density at radius 2 is 2.12 bits per heavy atom. The molecule has 1 aliphatic carbocycles. The molecule has 0 N–H and O–H groups in total. The molecule has 1 saturated carbocycles. The van der Waals surface area contributed by atoms with Crippen LogP contribution in [0.3, 0.4) is 0 Å². The average Bonchev–Trinajstić information content (AvgIpc) is 3.09. The first-order valence-electron chi connectivity index (χ1n) is 5.84. The largest absolute Gasteiger partial charge is 0.353 e. The first-order chi connectivity index (χ1) is 7.70. The average molecular weight is 240 g/mol. The van der Waals surface area contributed by atoms with Crippen LogP contribution in [0, 0.1) is 5.92 Å². The van der Waals surface area contributed by atoms with E-state index in [1.54, 1.807) is 6.20 Å². The summed E-state index contributed by atoms with van der Waals surface area (Å²) in [6, 6.07) is 0.469. The number of hydrogen-bond donors (Lipinski definition) is 0. The number of hydrogen-bond acceptors (Lipinski definition) is 3. The first-order valence-corrected chi connectivity index (χ1v) is 6.37. The van der Waals surface area contributed by atoms with Crippen molar-refractivity contribution in [3.63, 3.8) is 0 Å². The highest BCUT2D eigenvalue weighted by atomic mass is 35.5. The molecule has 1 aromatic rings. The van der Waals surface area contributed by atoms with Crippen molar-refractivity contribution in [3.8, 4) is 0 Å². The predicted molar refractivity (Wildman–Crippen MR) is 66.8 cm³/mol. The van der Waals surface area contributed by atoms with Gasteiger partial charge in [-0.2, -0.15) is 0 Å². The van der Waals surface area contributed by atoms with Crippen LogP contribution in [-0.2, 0) is 5.88 Å². The van der Waals surface area contributed by atoms with Gasteiger partial charge in [0.15, 0.2) is 0 Å². The summed E-state index contributed by atoms with van der Waals surface area (Å²) in [5.74, 6) is 2.25. The Labute approximate surface area is 102 Å². The maximum atomic E-state index is 5.70. The highest BCUT2D eigenvalue weighted by Gasteiger charge is 2.26. The van der Waals surface area contributed by atoms with Crippen molar-refractivity contribution < 1.29 is 0 Å². The van der Waals surface area contributed by atoms with Crippen molar-refractivity contribution >= 4 is 17.4 Å². The Morgan fingerprint density at radius 1 is 1.38 bits per heavy atom. The van der Waals surface area contributed by atoms with E-state index in [0.717, 1.165) is 24.0 Å². The minimum atomic E-state index is 0.428. The van der Waals surface area contributed by atoms with Gasteiger partial charge in [0, 0.05) is 12.6 Å². The summed E-state index contributed by atoms with van der Waals surface area (Å²) < 4.78 is 0. The zero-order valence-corrected chi connectivity index (χ0v) is 10.6. The number of anilines is 1. The minimum absolute atomic E-state index is 0.428. The van der Waals surface area contributed by atoms with E-state index in [0.29, 0.717) is 11.9 Å². The van der Waals surface area contributed by atoms with E-state index in [2.05, 4.69) is 28.7 Å². The number of nitrogens with zero attached hydrogens (tertiary/aromatic N) is 3. The lowest BCUT2D eigenvalue weighted by atomic mass is 10.2. The van der Waals surface area contributed by atoms with Crippen molar-refractivity contribution in [2.75, 3.05) is 11.4 Å². The predicted octanol–water partition coefficient (Wildman–Crippen LogP) is 2.84. The molecule has 2 rings (SSSR count). The second kappa shape index (κ2) is 5.00. The minimum Gasteiger partial charge on any atom is -0.353 e. The zero-order chi connectivity index (χ0) is 11.5. The van der Waals surface area contributed by atoms with Gasteiger partial charge in [-0.3, -0.25) is 4.98 Å². The molecule has 1 fully saturated rings. The number of rotatable bonds is 5. The number of aromatic nitrogens is 2. The van der Waals surface area contributed by atoms with Gasteiger partial charge in [-0.15, -0.1) is 11.6 Å². The molecule has 0 saturated heterocycles. The molecule has 1 aliphatic rings. The number of alkyl halides is 1. The Kier molecular flexibility index (Phi) is 3.64. The normalized spacial score (nSPS) is 15.5. The van der Waals surface area contributed by atoms with E-state index in [9.17, 15) is 0 Å². The van der Waals surface area contributed by atoms with E-state index < -0.39 is 0 Å². The summed E-state index contributed by atoms with van der Waals surface area (Å²) in [7, 11) is 0. The van der Waals surface area contributed by atoms with Crippen molar-refractivity contribution in [2.45, 2.75) is 38.6 Å². The summed E-state index contributed by atoms with van der Waals surface area (Å²) in [5, 5.41) is 0. The summed E-state index contributed by atoms with van der Waals surface area (Å²) in [6.45, 7) is 5.49. The molecule has 0 aliphatic heterocycles. The van der Waals surface area contributed by atoms with Crippen molar-refractivity contribution in [2.24, 2.45) is 5.92 Å². The molecule has 0 bridgehead atoms. The second-order valence-corrected chi connectivity index (χ2v) is 4.96. The molecular weight excluding hydrogens is 222 g/mol. The summed E-state index contributed by atoms with van der Waals surface area (Å²) >= 11 is 5.70. The van der Waals surface area contributed by atoms with Gasteiger partial charge < -0.3 is 4.90 Å². The third-order valence-corrected chi connectivity index (χ3v) is 3.17. The van der Waals surface area contributed by atoms with Crippen LogP contribution in [0.4, 0.5) is 5.82 Å². The van der Waals surface area contributed by atoms with Crippen LogP contribution >= 0.6 is 11.6 Å². The van der Waals surface area contributed by atoms with Gasteiger partial charge in [0.1, 0.15) is 5.82 Å². The van der Waals surface area contributed by atoms with Crippen LogP contribution < -0.4 is 4.90 Å². The Morgan fingerprint density at radius 3 is 2.56 bits per heavy atom. The van der Waals surface area contributed by atoms with E-state index in [4.69, 9.17) is 11.6 Å². The van der Waals surface area contributed by atoms with E-state index in [1.165, 1.54) is 12.8 Å². The Bertz CT molecular complexity index is 333. The first kappa shape index (κ1) is 11.6. The van der Waals surface area contributed by atoms with Crippen LogP contribution in [-0.4, -0.2) is 22.6 Å². The highest BCUT2D eigenvalue weighted by molar-refractivity contribution is 6.16. The fourth-order valence-corrected chi connectivity index (χ4v) is 1.85. The molecule has 4 heteroatoms. The van der Waals surface area contributed by atoms with Crippen molar-refractivity contribution in [3.05, 3.63) is 18.1 Å². The summed E-state index contributed by atoms with van der Waals surface area (Å²) in [4.78, 5) is 11.0. The van der Waals surface area contributed by atoms with Crippen molar-refractivity contribution in [1.82, 2.24) is 9.97 Å². The van der Waals surface area contributed by atoms with Gasteiger partial charge in [-0.05, 0) is 32.6 Å². The lowest BCUT2D eigenvalue weighted by Crippen LogP contribution is -2.33. The Hall–Kier alpha value is -0.830. The number of halogens is 1. The van der Waals surface area contributed by atoms with Gasteiger partial charge in [-0.1, -0.05) is 0 Å². The van der Waals surface area contributed by atoms with Gasteiger partial charge in [0.25, 0.3) is 0 Å².